The molecule has 3 heterocycles. The minimum atomic E-state index is -0.983. The molecule has 2 aromatic carbocycles. The standard InChI is InChI=1S/C26H25F3N6O/c1-15-25(33-23-12-21(29)20(28)11-22(23)32-15)30-13-18-5-3-4-10-35(18)26(36)24-19(14-31-34(24)2)16-6-8-17(27)9-7-16/h6-9,11-12,14,18H,3-5,10,13H2,1-2H3,(H,30,33). The highest BCUT2D eigenvalue weighted by atomic mass is 19.2. The number of anilines is 1. The summed E-state index contributed by atoms with van der Waals surface area (Å²) in [5.74, 6) is -2.00. The van der Waals surface area contributed by atoms with Crippen LogP contribution in [0.4, 0.5) is 19.0 Å². The van der Waals surface area contributed by atoms with Crippen LogP contribution in [0, 0.1) is 24.4 Å². The van der Waals surface area contributed by atoms with E-state index in [2.05, 4.69) is 20.4 Å². The van der Waals surface area contributed by atoms with Gasteiger partial charge in [0.2, 0.25) is 0 Å². The van der Waals surface area contributed by atoms with Gasteiger partial charge in [-0.2, -0.15) is 5.10 Å². The van der Waals surface area contributed by atoms with Crippen molar-refractivity contribution >= 4 is 22.8 Å². The number of halogens is 3. The molecule has 1 atom stereocenters. The molecule has 5 rings (SSSR count). The van der Waals surface area contributed by atoms with E-state index in [4.69, 9.17) is 0 Å². The van der Waals surface area contributed by atoms with Gasteiger partial charge in [-0.05, 0) is 43.9 Å². The summed E-state index contributed by atoms with van der Waals surface area (Å²) in [6, 6.07) is 7.92. The van der Waals surface area contributed by atoms with Crippen molar-refractivity contribution < 1.29 is 18.0 Å². The number of carbonyl (C=O) groups is 1. The molecule has 1 saturated heterocycles. The largest absolute Gasteiger partial charge is 0.366 e. The van der Waals surface area contributed by atoms with E-state index < -0.39 is 11.6 Å². The maximum atomic E-state index is 13.7. The Morgan fingerprint density at radius 3 is 2.47 bits per heavy atom. The van der Waals surface area contributed by atoms with Gasteiger partial charge in [-0.3, -0.25) is 9.48 Å². The highest BCUT2D eigenvalue weighted by molar-refractivity contribution is 5.99. The number of piperidine rings is 1. The van der Waals surface area contributed by atoms with Crippen LogP contribution in [0.1, 0.15) is 35.4 Å². The molecule has 1 unspecified atom stereocenters. The van der Waals surface area contributed by atoms with Crippen molar-refractivity contribution in [3.05, 3.63) is 71.4 Å². The van der Waals surface area contributed by atoms with E-state index in [1.165, 1.54) is 12.1 Å². The summed E-state index contributed by atoms with van der Waals surface area (Å²) in [4.78, 5) is 24.3. The molecule has 2 aromatic heterocycles. The molecule has 0 radical (unpaired) electrons. The second-order valence-corrected chi connectivity index (χ2v) is 8.98. The minimum Gasteiger partial charge on any atom is -0.366 e. The second kappa shape index (κ2) is 9.60. The third kappa shape index (κ3) is 4.50. The number of amides is 1. The van der Waals surface area contributed by atoms with Gasteiger partial charge in [-0.25, -0.2) is 23.1 Å². The van der Waals surface area contributed by atoms with Gasteiger partial charge in [-0.15, -0.1) is 0 Å². The third-order valence-electron chi connectivity index (χ3n) is 6.57. The Labute approximate surface area is 206 Å². The fourth-order valence-corrected chi connectivity index (χ4v) is 4.67. The van der Waals surface area contributed by atoms with Crippen LogP contribution in [0.25, 0.3) is 22.2 Å². The molecule has 1 aliphatic rings. The van der Waals surface area contributed by atoms with Crippen molar-refractivity contribution in [2.24, 2.45) is 7.05 Å². The number of likely N-dealkylation sites (tertiary alicyclic amines) is 1. The number of carbonyl (C=O) groups excluding carboxylic acids is 1. The number of rotatable bonds is 5. The molecule has 1 aliphatic heterocycles. The van der Waals surface area contributed by atoms with Gasteiger partial charge in [0.15, 0.2) is 11.6 Å². The predicted molar refractivity (Wildman–Crippen MR) is 130 cm³/mol. The fourth-order valence-electron chi connectivity index (χ4n) is 4.67. The van der Waals surface area contributed by atoms with Crippen LogP contribution < -0.4 is 5.32 Å². The van der Waals surface area contributed by atoms with E-state index in [9.17, 15) is 18.0 Å². The summed E-state index contributed by atoms with van der Waals surface area (Å²) in [5, 5.41) is 7.55. The third-order valence-corrected chi connectivity index (χ3v) is 6.57. The molecular formula is C26H25F3N6O. The average Bonchev–Trinajstić information content (AvgIpc) is 3.25. The maximum Gasteiger partial charge on any atom is 0.273 e. The molecule has 1 N–H and O–H groups in total. The molecule has 7 nitrogen and oxygen atoms in total. The van der Waals surface area contributed by atoms with E-state index in [-0.39, 0.29) is 28.8 Å². The average molecular weight is 495 g/mol. The Kier molecular flexibility index (Phi) is 6.34. The van der Waals surface area contributed by atoms with Gasteiger partial charge in [-0.1, -0.05) is 12.1 Å². The Morgan fingerprint density at radius 1 is 1.06 bits per heavy atom. The monoisotopic (exact) mass is 494 g/mol. The summed E-state index contributed by atoms with van der Waals surface area (Å²) in [5.41, 5.74) is 2.86. The van der Waals surface area contributed by atoms with Gasteiger partial charge >= 0.3 is 0 Å². The van der Waals surface area contributed by atoms with E-state index in [0.29, 0.717) is 41.4 Å². The second-order valence-electron chi connectivity index (χ2n) is 8.98. The zero-order chi connectivity index (χ0) is 25.4. The first-order chi connectivity index (χ1) is 17.3. The number of hydrogen-bond donors (Lipinski definition) is 1. The normalized spacial score (nSPS) is 15.9. The SMILES string of the molecule is Cc1nc2cc(F)c(F)cc2nc1NCC1CCCCN1C(=O)c1c(-c2ccc(F)cc2)cnn1C. The lowest BCUT2D eigenvalue weighted by atomic mass is 9.99. The van der Waals surface area contributed by atoms with Crippen molar-refractivity contribution in [2.75, 3.05) is 18.4 Å². The van der Waals surface area contributed by atoms with Crippen LogP contribution in [0.2, 0.25) is 0 Å². The number of nitrogens with one attached hydrogen (secondary N) is 1. The zero-order valence-corrected chi connectivity index (χ0v) is 19.9. The molecule has 10 heteroatoms. The predicted octanol–water partition coefficient (Wildman–Crippen LogP) is 4.86. The maximum absolute atomic E-state index is 13.7. The summed E-state index contributed by atoms with van der Waals surface area (Å²) in [6.45, 7) is 2.75. The highest BCUT2D eigenvalue weighted by Gasteiger charge is 2.31. The molecule has 186 valence electrons. The van der Waals surface area contributed by atoms with Crippen LogP contribution in [0.5, 0.6) is 0 Å². The lowest BCUT2D eigenvalue weighted by Crippen LogP contribution is -2.47. The molecule has 0 aliphatic carbocycles. The van der Waals surface area contributed by atoms with Gasteiger partial charge in [0, 0.05) is 43.9 Å². The van der Waals surface area contributed by atoms with Crippen molar-refractivity contribution in [3.63, 3.8) is 0 Å². The van der Waals surface area contributed by atoms with Gasteiger partial charge in [0.1, 0.15) is 17.3 Å². The molecular weight excluding hydrogens is 469 g/mol. The van der Waals surface area contributed by atoms with E-state index in [0.717, 1.165) is 31.4 Å². The van der Waals surface area contributed by atoms with E-state index >= 15 is 0 Å². The first kappa shape index (κ1) is 23.8. The molecule has 0 bridgehead atoms. The first-order valence-electron chi connectivity index (χ1n) is 11.8. The van der Waals surface area contributed by atoms with Gasteiger partial charge < -0.3 is 10.2 Å². The number of hydrogen-bond acceptors (Lipinski definition) is 5. The quantitative estimate of drug-likeness (QED) is 0.429. The van der Waals surface area contributed by atoms with Gasteiger partial charge in [0.05, 0.1) is 22.9 Å². The van der Waals surface area contributed by atoms with Crippen LogP contribution in [0.3, 0.4) is 0 Å². The number of nitrogens with zero attached hydrogens (tertiary/aromatic N) is 5. The van der Waals surface area contributed by atoms with Crippen LogP contribution in [0.15, 0.2) is 42.6 Å². The fraction of sp³-hybridized carbons (Fsp3) is 0.308. The summed E-state index contributed by atoms with van der Waals surface area (Å²) in [6.07, 6.45) is 4.26. The minimum absolute atomic E-state index is 0.121. The number of benzene rings is 2. The summed E-state index contributed by atoms with van der Waals surface area (Å²) < 4.78 is 42.3. The summed E-state index contributed by atoms with van der Waals surface area (Å²) >= 11 is 0. The number of aromatic nitrogens is 4. The van der Waals surface area contributed by atoms with E-state index in [1.807, 2.05) is 4.90 Å². The Morgan fingerprint density at radius 2 is 1.75 bits per heavy atom. The smallest absolute Gasteiger partial charge is 0.273 e. The van der Waals surface area contributed by atoms with Crippen LogP contribution in [-0.2, 0) is 7.05 Å². The van der Waals surface area contributed by atoms with Gasteiger partial charge in [0.25, 0.3) is 5.91 Å². The first-order valence-corrected chi connectivity index (χ1v) is 11.8. The number of fused-ring (bicyclic) bond motifs is 1. The Hall–Kier alpha value is -3.95. The summed E-state index contributed by atoms with van der Waals surface area (Å²) in [7, 11) is 1.72. The van der Waals surface area contributed by atoms with Crippen LogP contribution >= 0.6 is 0 Å². The number of aryl methyl sites for hydroxylation is 2. The Bertz CT molecular complexity index is 1440. The highest BCUT2D eigenvalue weighted by Crippen LogP contribution is 2.28. The molecule has 0 saturated carbocycles. The topological polar surface area (TPSA) is 75.9 Å². The molecule has 1 fully saturated rings. The molecule has 4 aromatic rings. The van der Waals surface area contributed by atoms with Crippen LogP contribution in [-0.4, -0.2) is 49.7 Å². The van der Waals surface area contributed by atoms with Crippen molar-refractivity contribution in [3.8, 4) is 11.1 Å². The van der Waals surface area contributed by atoms with Crippen molar-refractivity contribution in [2.45, 2.75) is 32.2 Å². The lowest BCUT2D eigenvalue weighted by molar-refractivity contribution is 0.0617. The molecule has 36 heavy (non-hydrogen) atoms. The molecule has 1 amide bonds. The van der Waals surface area contributed by atoms with Crippen molar-refractivity contribution in [1.29, 1.82) is 0 Å². The lowest BCUT2D eigenvalue weighted by Gasteiger charge is -2.36. The molecule has 0 spiro atoms. The Balaban J connectivity index is 1.39. The zero-order valence-electron chi connectivity index (χ0n) is 19.9. The van der Waals surface area contributed by atoms with E-state index in [1.54, 1.807) is 37.0 Å². The van der Waals surface area contributed by atoms with Crippen molar-refractivity contribution in [1.82, 2.24) is 24.6 Å².